The van der Waals surface area contributed by atoms with E-state index in [1.165, 1.54) is 4.70 Å². The number of ketones is 1. The summed E-state index contributed by atoms with van der Waals surface area (Å²) in [5.74, 6) is 0.470. The lowest BCUT2D eigenvalue weighted by atomic mass is 9.78. The van der Waals surface area contributed by atoms with Crippen LogP contribution in [0.2, 0.25) is 0 Å². The van der Waals surface area contributed by atoms with E-state index in [0.29, 0.717) is 25.2 Å². The molecule has 4 nitrogen and oxygen atoms in total. The molecule has 3 rings (SSSR count). The molecule has 3 aromatic rings. The van der Waals surface area contributed by atoms with Crippen molar-refractivity contribution < 1.29 is 14.6 Å². The highest BCUT2D eigenvalue weighted by Crippen LogP contribution is 2.40. The van der Waals surface area contributed by atoms with Gasteiger partial charge < -0.3 is 9.84 Å². The van der Waals surface area contributed by atoms with Crippen molar-refractivity contribution in [3.8, 4) is 5.75 Å². The van der Waals surface area contributed by atoms with Crippen LogP contribution in [-0.2, 0) is 26.8 Å². The highest BCUT2D eigenvalue weighted by molar-refractivity contribution is 8.01. The molecule has 1 unspecified atom stereocenters. The largest absolute Gasteiger partial charge is 0.507 e. The van der Waals surface area contributed by atoms with Gasteiger partial charge in [-0.05, 0) is 46.1 Å². The molecule has 0 bridgehead atoms. The molecule has 0 spiro atoms. The molecule has 0 fully saturated rings. The molecule has 2 aromatic carbocycles. The third-order valence-electron chi connectivity index (χ3n) is 5.67. The number of benzene rings is 2. The fourth-order valence-electron chi connectivity index (χ4n) is 3.78. The normalized spacial score (nSPS) is 13.4. The number of aromatic hydroxyl groups is 1. The predicted molar refractivity (Wildman–Crippen MR) is 145 cm³/mol. The Kier molecular flexibility index (Phi) is 8.48. The predicted octanol–water partition coefficient (Wildman–Crippen LogP) is 7.30. The molecule has 0 aliphatic heterocycles. The number of thiazole rings is 1. The van der Waals surface area contributed by atoms with Crippen LogP contribution in [0.1, 0.15) is 71.6 Å². The van der Waals surface area contributed by atoms with Crippen LogP contribution in [-0.4, -0.2) is 34.3 Å². The maximum Gasteiger partial charge on any atom is 0.158 e. The first-order valence-electron chi connectivity index (χ1n) is 11.8. The van der Waals surface area contributed by atoms with Gasteiger partial charge in [0.2, 0.25) is 0 Å². The van der Waals surface area contributed by atoms with Gasteiger partial charge in [0.1, 0.15) is 12.4 Å². The van der Waals surface area contributed by atoms with Gasteiger partial charge >= 0.3 is 0 Å². The summed E-state index contributed by atoms with van der Waals surface area (Å²) in [6.07, 6.45) is 1.07. The molecule has 6 heteroatoms. The Balaban J connectivity index is 1.52. The number of ether oxygens (including phenoxy) is 1. The Morgan fingerprint density at radius 2 is 1.71 bits per heavy atom. The van der Waals surface area contributed by atoms with Crippen molar-refractivity contribution in [2.24, 2.45) is 0 Å². The SMILES string of the molecule is CC(COCC(=O)CCc1cc(C(C)(C)C)c(O)c(C(C)(C)C)c1)Sc1nc2ccccc2s1. The molecule has 184 valence electrons. The van der Waals surface area contributed by atoms with E-state index in [1.807, 2.05) is 18.2 Å². The van der Waals surface area contributed by atoms with Crippen LogP contribution in [0.4, 0.5) is 0 Å². The molecule has 34 heavy (non-hydrogen) atoms. The number of carbonyl (C=O) groups is 1. The molecule has 1 atom stereocenters. The number of aromatic nitrogens is 1. The fraction of sp³-hybridized carbons (Fsp3) is 0.500. The van der Waals surface area contributed by atoms with E-state index < -0.39 is 0 Å². The molecular weight excluding hydrogens is 462 g/mol. The zero-order chi connectivity index (χ0) is 25.1. The van der Waals surface area contributed by atoms with Crippen LogP contribution < -0.4 is 0 Å². The zero-order valence-corrected chi connectivity index (χ0v) is 23.0. The minimum absolute atomic E-state index is 0.0971. The van der Waals surface area contributed by atoms with Crippen LogP contribution in [0.5, 0.6) is 5.75 Å². The van der Waals surface area contributed by atoms with Crippen molar-refractivity contribution in [1.82, 2.24) is 4.98 Å². The van der Waals surface area contributed by atoms with E-state index in [0.717, 1.165) is 26.5 Å². The van der Waals surface area contributed by atoms with Crippen LogP contribution in [0.15, 0.2) is 40.7 Å². The number of hydrogen-bond acceptors (Lipinski definition) is 6. The van der Waals surface area contributed by atoms with Crippen molar-refractivity contribution in [3.63, 3.8) is 0 Å². The van der Waals surface area contributed by atoms with Gasteiger partial charge in [-0.25, -0.2) is 4.98 Å². The third kappa shape index (κ3) is 7.06. The summed E-state index contributed by atoms with van der Waals surface area (Å²) in [7, 11) is 0. The molecule has 0 amide bonds. The van der Waals surface area contributed by atoms with Crippen LogP contribution >= 0.6 is 23.1 Å². The molecule has 0 saturated carbocycles. The number of hydrogen-bond donors (Lipinski definition) is 1. The first kappa shape index (κ1) is 26.7. The first-order chi connectivity index (χ1) is 15.8. The zero-order valence-electron chi connectivity index (χ0n) is 21.4. The monoisotopic (exact) mass is 499 g/mol. The van der Waals surface area contributed by atoms with E-state index in [4.69, 9.17) is 4.74 Å². The maximum absolute atomic E-state index is 12.5. The third-order valence-corrected chi connectivity index (χ3v) is 7.87. The summed E-state index contributed by atoms with van der Waals surface area (Å²) < 4.78 is 7.95. The second-order valence-electron chi connectivity index (χ2n) is 11.0. The summed E-state index contributed by atoms with van der Waals surface area (Å²) in [4.78, 5) is 17.2. The average molecular weight is 500 g/mol. The second-order valence-corrected chi connectivity index (χ2v) is 13.7. The summed E-state index contributed by atoms with van der Waals surface area (Å²) in [6, 6.07) is 12.2. The molecule has 0 radical (unpaired) electrons. The van der Waals surface area contributed by atoms with Crippen molar-refractivity contribution in [1.29, 1.82) is 0 Å². The van der Waals surface area contributed by atoms with Crippen LogP contribution in [0.25, 0.3) is 10.2 Å². The van der Waals surface area contributed by atoms with Gasteiger partial charge in [-0.3, -0.25) is 4.79 Å². The Morgan fingerprint density at radius 1 is 1.09 bits per heavy atom. The van der Waals surface area contributed by atoms with Gasteiger partial charge in [0, 0.05) is 11.7 Å². The van der Waals surface area contributed by atoms with Gasteiger partial charge in [0.05, 0.1) is 16.8 Å². The Bertz CT molecular complexity index is 1070. The highest BCUT2D eigenvalue weighted by atomic mass is 32.2. The quantitative estimate of drug-likeness (QED) is 0.313. The Labute approximate surface area is 212 Å². The highest BCUT2D eigenvalue weighted by Gasteiger charge is 2.26. The number of phenols is 1. The molecule has 1 aromatic heterocycles. The number of nitrogens with zero attached hydrogens (tertiary/aromatic N) is 1. The second kappa shape index (κ2) is 10.8. The standard InChI is InChI=1S/C28H37NO3S2/c1-18(33-26-29-23-10-8-9-11-24(23)34-26)16-32-17-20(30)13-12-19-14-21(27(2,3)4)25(31)22(15-19)28(5,6)7/h8-11,14-15,18,31H,12-13,16-17H2,1-7H3. The van der Waals surface area contributed by atoms with E-state index in [2.05, 4.69) is 71.6 Å². The number of Topliss-reactive ketones (excluding diaryl/α,β-unsaturated/α-hetero) is 1. The topological polar surface area (TPSA) is 59.4 Å². The smallest absolute Gasteiger partial charge is 0.158 e. The number of rotatable bonds is 9. The number of thioether (sulfide) groups is 1. The molecule has 0 aliphatic carbocycles. The summed E-state index contributed by atoms with van der Waals surface area (Å²) >= 11 is 3.38. The number of para-hydroxylation sites is 1. The number of carbonyl (C=O) groups excluding carboxylic acids is 1. The van der Waals surface area contributed by atoms with E-state index in [9.17, 15) is 9.90 Å². The van der Waals surface area contributed by atoms with Gasteiger partial charge in [-0.15, -0.1) is 11.3 Å². The Morgan fingerprint density at radius 3 is 2.29 bits per heavy atom. The summed E-state index contributed by atoms with van der Waals surface area (Å²) in [5, 5.41) is 11.1. The van der Waals surface area contributed by atoms with Crippen molar-refractivity contribution >= 4 is 39.1 Å². The lowest BCUT2D eigenvalue weighted by Crippen LogP contribution is -2.18. The minimum atomic E-state index is -0.176. The maximum atomic E-state index is 12.5. The van der Waals surface area contributed by atoms with E-state index in [1.54, 1.807) is 23.1 Å². The van der Waals surface area contributed by atoms with Gasteiger partial charge in [0.25, 0.3) is 0 Å². The minimum Gasteiger partial charge on any atom is -0.507 e. The molecule has 1 heterocycles. The average Bonchev–Trinajstić information content (AvgIpc) is 3.13. The molecular formula is C28H37NO3S2. The summed E-state index contributed by atoms with van der Waals surface area (Å²) in [5.41, 5.74) is 3.62. The Hall–Kier alpha value is -1.89. The van der Waals surface area contributed by atoms with Crippen molar-refractivity contribution in [2.75, 3.05) is 13.2 Å². The molecule has 0 aliphatic rings. The lowest BCUT2D eigenvalue weighted by molar-refractivity contribution is -0.123. The fourth-order valence-corrected chi connectivity index (χ4v) is 6.10. The molecule has 1 N–H and O–H groups in total. The molecule has 0 saturated heterocycles. The van der Waals surface area contributed by atoms with Gasteiger partial charge in [0.15, 0.2) is 10.1 Å². The first-order valence-corrected chi connectivity index (χ1v) is 13.5. The lowest BCUT2D eigenvalue weighted by Gasteiger charge is -2.28. The van der Waals surface area contributed by atoms with E-state index >= 15 is 0 Å². The van der Waals surface area contributed by atoms with Crippen LogP contribution in [0.3, 0.4) is 0 Å². The number of phenolic OH excluding ortho intramolecular Hbond substituents is 1. The number of fused-ring (bicyclic) bond motifs is 1. The van der Waals surface area contributed by atoms with Crippen LogP contribution in [0, 0.1) is 0 Å². The van der Waals surface area contributed by atoms with E-state index in [-0.39, 0.29) is 28.5 Å². The van der Waals surface area contributed by atoms with Gasteiger partial charge in [-0.1, -0.05) is 84.5 Å². The van der Waals surface area contributed by atoms with Crippen molar-refractivity contribution in [3.05, 3.63) is 53.1 Å². The van der Waals surface area contributed by atoms with Gasteiger partial charge in [-0.2, -0.15) is 0 Å². The summed E-state index contributed by atoms with van der Waals surface area (Å²) in [6.45, 7) is 15.3. The van der Waals surface area contributed by atoms with Crippen molar-refractivity contribution in [2.45, 2.75) is 81.7 Å². The number of aryl methyl sites for hydroxylation is 1.